The van der Waals surface area contributed by atoms with Crippen molar-refractivity contribution in [3.63, 3.8) is 0 Å². The minimum absolute atomic E-state index is 0.0369. The number of rotatable bonds is 22. The molecule has 5 aromatic carbocycles. The zero-order valence-corrected chi connectivity index (χ0v) is 49.2. The van der Waals surface area contributed by atoms with E-state index in [-0.39, 0.29) is 73.0 Å². The van der Waals surface area contributed by atoms with Crippen LogP contribution in [-0.4, -0.2) is 111 Å². The van der Waals surface area contributed by atoms with Crippen LogP contribution in [0.5, 0.6) is 11.5 Å². The Bertz CT molecular complexity index is 3910. The Kier molecular flexibility index (Phi) is 19.5. The number of benzene rings is 5. The molecule has 0 amide bonds. The molecule has 9 aromatic rings. The summed E-state index contributed by atoms with van der Waals surface area (Å²) < 4.78 is 77.3. The number of ether oxygens (including phenoxy) is 4. The third-order valence-corrected chi connectivity index (χ3v) is 17.1. The number of aliphatic hydroxyl groups is 2. The van der Waals surface area contributed by atoms with Gasteiger partial charge in [0.15, 0.2) is 22.9 Å². The number of carbonyl (C=O) groups excluding carboxylic acids is 2. The zero-order valence-electron chi connectivity index (χ0n) is 45.9. The van der Waals surface area contributed by atoms with E-state index < -0.39 is 76.4 Å². The Morgan fingerprint density at radius 2 is 1.05 bits per heavy atom. The van der Waals surface area contributed by atoms with Gasteiger partial charge in [0.05, 0.1) is 38.1 Å². The highest BCUT2D eigenvalue weighted by Crippen LogP contribution is 2.49. The summed E-state index contributed by atoms with van der Waals surface area (Å²) in [5.74, 6) is -0.571. The van der Waals surface area contributed by atoms with E-state index in [0.717, 1.165) is 16.5 Å². The van der Waals surface area contributed by atoms with Gasteiger partial charge in [0, 0.05) is 18.2 Å². The minimum Gasteiger partial charge on any atom is -0.460 e. The van der Waals surface area contributed by atoms with Gasteiger partial charge in [-0.3, -0.25) is 27.8 Å². The van der Waals surface area contributed by atoms with Crippen molar-refractivity contribution in [2.75, 3.05) is 24.7 Å². The van der Waals surface area contributed by atoms with Gasteiger partial charge >= 0.3 is 27.4 Å². The lowest BCUT2D eigenvalue weighted by Gasteiger charge is -2.25. The molecule has 0 spiro atoms. The lowest BCUT2D eigenvalue weighted by atomic mass is 10.1. The van der Waals surface area contributed by atoms with Crippen LogP contribution in [0, 0.1) is 0 Å². The number of esters is 2. The first kappa shape index (κ1) is 61.4. The molecule has 8 N–H and O–H groups in total. The average molecular weight is 1260 g/mol. The standard InChI is InChI=1S/C30H30ClN6O7P.C26H28ClN6O7P/c1-18(29(39)41-15-19-8-3-2-4-9-19)36-45(40,44-23-13-7-11-20-10-5-6-12-21(20)23)42-16-24-22(38)14-25(43-24)37-17-33-26-27(32)34-30(31)35-28(26)37;1-16(25(35)37-13-17-8-4-2-5-9-17)32-41(36,40-18-10-6-3-7-11-18)38-14-20-19(34)12-21(39-20)33-15-29-22-23(28)30-26(27)31-24(22)33/h2-13,17-18,22,24-25,38H,14-16H2,1H3,(H,36,40)(H2,32,34,35);2-11,15-16,19-21,34H,12-14H2,1H3,(H,32,36)(H2,28,30,31)/t18-,22+,24?,25+,45?;16-,19+,20?,21+,41?/m00/s1. The molecule has 0 bridgehead atoms. The van der Waals surface area contributed by atoms with E-state index >= 15 is 0 Å². The van der Waals surface area contributed by atoms with Gasteiger partial charge in [0.1, 0.15) is 72.5 Å². The number of hydrogen-bond donors (Lipinski definition) is 6. The Labute approximate surface area is 501 Å². The summed E-state index contributed by atoms with van der Waals surface area (Å²) in [6.45, 7) is 2.39. The zero-order chi connectivity index (χ0) is 60.5. The molecule has 10 atom stereocenters. The van der Waals surface area contributed by atoms with Crippen molar-refractivity contribution < 1.29 is 66.0 Å². The molecule has 4 unspecified atom stereocenters. The van der Waals surface area contributed by atoms with Crippen molar-refractivity contribution in [3.8, 4) is 11.5 Å². The van der Waals surface area contributed by atoms with Crippen LogP contribution >= 0.6 is 38.7 Å². The van der Waals surface area contributed by atoms with E-state index in [2.05, 4.69) is 40.1 Å². The van der Waals surface area contributed by atoms with Crippen LogP contribution in [0.1, 0.15) is 50.3 Å². The quantitative estimate of drug-likeness (QED) is 0.0210. The summed E-state index contributed by atoms with van der Waals surface area (Å²) in [6, 6.07) is 37.3. The molecule has 30 heteroatoms. The SMILES string of the molecule is C[C@H](NP(=O)(OCC1O[C@@H](n2cnc3c(N)nc(Cl)nc32)C[C@H]1O)Oc1cccc2ccccc12)C(=O)OCc1ccccc1.C[C@H](NP(=O)(OCC1O[C@@H](n2cnc3c(N)nc(Cl)nc32)C[C@H]1O)Oc1ccccc1)C(=O)OCc1ccccc1. The van der Waals surface area contributed by atoms with Crippen molar-refractivity contribution in [3.05, 3.63) is 168 Å². The lowest BCUT2D eigenvalue weighted by Crippen LogP contribution is -2.36. The number of halogens is 2. The predicted molar refractivity (Wildman–Crippen MR) is 315 cm³/mol. The molecule has 0 saturated carbocycles. The first-order valence-corrected chi connectivity index (χ1v) is 30.6. The Morgan fingerprint density at radius 1 is 0.616 bits per heavy atom. The maximum absolute atomic E-state index is 14.3. The van der Waals surface area contributed by atoms with Crippen LogP contribution in [0.15, 0.2) is 146 Å². The van der Waals surface area contributed by atoms with Gasteiger partial charge in [-0.05, 0) is 71.8 Å². The monoisotopic (exact) mass is 1250 g/mol. The van der Waals surface area contributed by atoms with Gasteiger partial charge in [-0.1, -0.05) is 115 Å². The number of aromatic nitrogens is 8. The van der Waals surface area contributed by atoms with E-state index in [1.54, 1.807) is 51.6 Å². The van der Waals surface area contributed by atoms with Crippen LogP contribution in [0.3, 0.4) is 0 Å². The summed E-state index contributed by atoms with van der Waals surface area (Å²) in [6.07, 6.45) is -2.01. The van der Waals surface area contributed by atoms with Gasteiger partial charge in [0.2, 0.25) is 10.6 Å². The van der Waals surface area contributed by atoms with Crippen LogP contribution in [0.4, 0.5) is 11.6 Å². The second kappa shape index (κ2) is 27.4. The van der Waals surface area contributed by atoms with Crippen molar-refractivity contribution in [1.29, 1.82) is 0 Å². The molecule has 2 fully saturated rings. The molecular formula is C56H58Cl2N12O14P2. The van der Waals surface area contributed by atoms with Crippen molar-refractivity contribution in [2.45, 2.75) is 88.9 Å². The molecule has 2 saturated heterocycles. The molecule has 0 aliphatic carbocycles. The van der Waals surface area contributed by atoms with Crippen molar-refractivity contribution in [2.24, 2.45) is 0 Å². The normalized spacial score (nSPS) is 20.5. The highest BCUT2D eigenvalue weighted by molar-refractivity contribution is 7.52. The molecular weight excluding hydrogens is 1200 g/mol. The third-order valence-electron chi connectivity index (χ3n) is 13.5. The number of fused-ring (bicyclic) bond motifs is 3. The number of anilines is 2. The smallest absolute Gasteiger partial charge is 0.459 e. The number of nitrogens with two attached hydrogens (primary N) is 2. The van der Waals surface area contributed by atoms with E-state index in [1.165, 1.54) is 26.5 Å². The van der Waals surface area contributed by atoms with Gasteiger partial charge < -0.3 is 49.7 Å². The van der Waals surface area contributed by atoms with Crippen molar-refractivity contribution in [1.82, 2.24) is 49.2 Å². The lowest BCUT2D eigenvalue weighted by molar-refractivity contribution is -0.147. The first-order chi connectivity index (χ1) is 41.4. The van der Waals surface area contributed by atoms with Gasteiger partial charge in [0.25, 0.3) is 0 Å². The van der Waals surface area contributed by atoms with Gasteiger partial charge in [-0.2, -0.15) is 30.1 Å². The summed E-state index contributed by atoms with van der Waals surface area (Å²) >= 11 is 12.0. The molecule has 11 rings (SSSR count). The Balaban J connectivity index is 0.000000192. The maximum atomic E-state index is 14.3. The number of carbonyl (C=O) groups is 2. The molecule has 450 valence electrons. The first-order valence-electron chi connectivity index (χ1n) is 26.8. The fraction of sp³-hybridized carbons (Fsp3) is 0.286. The van der Waals surface area contributed by atoms with Gasteiger partial charge in [-0.15, -0.1) is 0 Å². The van der Waals surface area contributed by atoms with Gasteiger partial charge in [-0.25, -0.2) is 19.1 Å². The van der Waals surface area contributed by atoms with Crippen LogP contribution < -0.4 is 30.7 Å². The number of imidazole rings is 2. The molecule has 0 radical (unpaired) electrons. The Morgan fingerprint density at radius 3 is 1.53 bits per heavy atom. The molecule has 2 aliphatic rings. The topological polar surface area (TPSA) is 346 Å². The second-order valence-corrected chi connectivity index (χ2v) is 23.8. The van der Waals surface area contributed by atoms with E-state index in [9.17, 15) is 28.9 Å². The number of para-hydroxylation sites is 1. The molecule has 6 heterocycles. The minimum atomic E-state index is -4.28. The van der Waals surface area contributed by atoms with Crippen LogP contribution in [-0.2, 0) is 59.9 Å². The fourth-order valence-corrected chi connectivity index (χ4v) is 12.5. The summed E-state index contributed by atoms with van der Waals surface area (Å²) in [5.41, 5.74) is 14.8. The highest BCUT2D eigenvalue weighted by atomic mass is 35.5. The molecule has 2 aliphatic heterocycles. The van der Waals surface area contributed by atoms with E-state index in [1.807, 2.05) is 91.0 Å². The number of nitrogens with one attached hydrogen (secondary N) is 2. The van der Waals surface area contributed by atoms with Crippen molar-refractivity contribution >= 4 is 95.4 Å². The fourth-order valence-electron chi connectivity index (χ4n) is 9.15. The number of hydrogen-bond acceptors (Lipinski definition) is 22. The molecule has 86 heavy (non-hydrogen) atoms. The summed E-state index contributed by atoms with van der Waals surface area (Å²) in [4.78, 5) is 50.2. The maximum Gasteiger partial charge on any atom is 0.459 e. The number of aliphatic hydroxyl groups excluding tert-OH is 2. The largest absolute Gasteiger partial charge is 0.460 e. The number of nitrogen functional groups attached to an aromatic ring is 2. The highest BCUT2D eigenvalue weighted by Gasteiger charge is 2.42. The van der Waals surface area contributed by atoms with Crippen LogP contribution in [0.2, 0.25) is 10.6 Å². The average Bonchev–Trinajstić information content (AvgIpc) is 4.53. The second-order valence-electron chi connectivity index (χ2n) is 19.7. The summed E-state index contributed by atoms with van der Waals surface area (Å²) in [7, 11) is -8.45. The van der Waals surface area contributed by atoms with E-state index in [4.69, 9.17) is 71.7 Å². The van der Waals surface area contributed by atoms with Crippen LogP contribution in [0.25, 0.3) is 33.1 Å². The molecule has 4 aromatic heterocycles. The summed E-state index contributed by atoms with van der Waals surface area (Å²) in [5, 5.41) is 28.3. The molecule has 26 nitrogen and oxygen atoms in total. The third kappa shape index (κ3) is 15.1. The predicted octanol–water partition coefficient (Wildman–Crippen LogP) is 8.42. The number of nitrogens with zero attached hydrogens (tertiary/aromatic N) is 8. The Hall–Kier alpha value is -7.68. The van der Waals surface area contributed by atoms with E-state index in [0.29, 0.717) is 27.7 Å².